The predicted molar refractivity (Wildman–Crippen MR) is 77.9 cm³/mol. The van der Waals surface area contributed by atoms with E-state index in [-0.39, 0.29) is 0 Å². The highest BCUT2D eigenvalue weighted by Crippen LogP contribution is 2.19. The zero-order chi connectivity index (χ0) is 13.7. The van der Waals surface area contributed by atoms with E-state index >= 15 is 0 Å². The van der Waals surface area contributed by atoms with Crippen LogP contribution in [0.2, 0.25) is 5.15 Å². The molecule has 1 unspecified atom stereocenters. The molecule has 106 valence electrons. The lowest BCUT2D eigenvalue weighted by Gasteiger charge is -2.28. The first kappa shape index (κ1) is 14.5. The average molecular weight is 284 g/mol. The fourth-order valence-electron chi connectivity index (χ4n) is 2.33. The predicted octanol–water partition coefficient (Wildman–Crippen LogP) is 3.09. The normalized spacial score (nSPS) is 19.4. The van der Waals surface area contributed by atoms with E-state index in [1.54, 1.807) is 0 Å². The van der Waals surface area contributed by atoms with Crippen molar-refractivity contribution >= 4 is 17.4 Å². The van der Waals surface area contributed by atoms with Crippen molar-refractivity contribution in [1.82, 2.24) is 9.97 Å². The lowest BCUT2D eigenvalue weighted by Crippen LogP contribution is -2.33. The van der Waals surface area contributed by atoms with Crippen LogP contribution in [0.1, 0.15) is 38.4 Å². The highest BCUT2D eigenvalue weighted by atomic mass is 35.5. The van der Waals surface area contributed by atoms with Crippen LogP contribution in [0.3, 0.4) is 0 Å². The highest BCUT2D eigenvalue weighted by molar-refractivity contribution is 6.29. The smallest absolute Gasteiger partial charge is 0.134 e. The van der Waals surface area contributed by atoms with Gasteiger partial charge in [0.25, 0.3) is 0 Å². The van der Waals surface area contributed by atoms with Gasteiger partial charge in [0.15, 0.2) is 0 Å². The molecule has 5 heteroatoms. The number of rotatable bonds is 5. The van der Waals surface area contributed by atoms with Crippen LogP contribution in [0.15, 0.2) is 6.07 Å². The van der Waals surface area contributed by atoms with Crippen molar-refractivity contribution in [1.29, 1.82) is 0 Å². The monoisotopic (exact) mass is 283 g/mol. The van der Waals surface area contributed by atoms with E-state index in [2.05, 4.69) is 21.8 Å². The Morgan fingerprint density at radius 2 is 2.26 bits per heavy atom. The molecule has 1 aromatic heterocycles. The summed E-state index contributed by atoms with van der Waals surface area (Å²) in [4.78, 5) is 10.9. The van der Waals surface area contributed by atoms with E-state index in [9.17, 15) is 0 Å². The van der Waals surface area contributed by atoms with Crippen LogP contribution >= 0.6 is 11.6 Å². The standard InChI is InChI=1S/C14H22ClN3O/c1-3-6-13-16-12(15)9-14(17-13)18(2)10-11-7-4-5-8-19-11/h9,11H,3-8,10H2,1-2H3. The lowest BCUT2D eigenvalue weighted by molar-refractivity contribution is 0.0215. The highest BCUT2D eigenvalue weighted by Gasteiger charge is 2.17. The maximum Gasteiger partial charge on any atom is 0.134 e. The molecule has 1 fully saturated rings. The second kappa shape index (κ2) is 7.06. The molecule has 0 aliphatic carbocycles. The van der Waals surface area contributed by atoms with Crippen molar-refractivity contribution in [2.45, 2.75) is 45.1 Å². The first-order valence-electron chi connectivity index (χ1n) is 7.05. The quantitative estimate of drug-likeness (QED) is 0.779. The summed E-state index contributed by atoms with van der Waals surface area (Å²) in [5.74, 6) is 1.71. The van der Waals surface area contributed by atoms with Crippen LogP contribution in [0, 0.1) is 0 Å². The van der Waals surface area contributed by atoms with Crippen LogP contribution < -0.4 is 4.90 Å². The van der Waals surface area contributed by atoms with Crippen LogP contribution in [-0.2, 0) is 11.2 Å². The minimum absolute atomic E-state index is 0.308. The molecule has 0 bridgehead atoms. The summed E-state index contributed by atoms with van der Waals surface area (Å²) in [5.41, 5.74) is 0. The Morgan fingerprint density at radius 1 is 1.42 bits per heavy atom. The number of hydrogen-bond donors (Lipinski definition) is 0. The van der Waals surface area contributed by atoms with Gasteiger partial charge in [0.05, 0.1) is 6.10 Å². The third-order valence-electron chi connectivity index (χ3n) is 3.34. The molecule has 0 radical (unpaired) electrons. The molecule has 2 heterocycles. The molecule has 1 aliphatic rings. The number of nitrogens with zero attached hydrogens (tertiary/aromatic N) is 3. The maximum atomic E-state index is 6.06. The van der Waals surface area contributed by atoms with Gasteiger partial charge in [-0.3, -0.25) is 0 Å². The van der Waals surface area contributed by atoms with Crippen molar-refractivity contribution in [3.63, 3.8) is 0 Å². The van der Waals surface area contributed by atoms with Gasteiger partial charge >= 0.3 is 0 Å². The molecule has 1 aromatic rings. The van der Waals surface area contributed by atoms with E-state index in [1.165, 1.54) is 12.8 Å². The molecule has 0 saturated carbocycles. The number of halogens is 1. The fraction of sp³-hybridized carbons (Fsp3) is 0.714. The number of hydrogen-bond acceptors (Lipinski definition) is 4. The molecule has 0 amide bonds. The summed E-state index contributed by atoms with van der Waals surface area (Å²) in [5, 5.41) is 0.518. The topological polar surface area (TPSA) is 38.2 Å². The third-order valence-corrected chi connectivity index (χ3v) is 3.54. The number of likely N-dealkylation sites (N-methyl/N-ethyl adjacent to an activating group) is 1. The summed E-state index contributed by atoms with van der Waals surface area (Å²) in [6, 6.07) is 1.82. The van der Waals surface area contributed by atoms with Crippen molar-refractivity contribution < 1.29 is 4.74 Å². The number of aryl methyl sites for hydroxylation is 1. The van der Waals surface area contributed by atoms with Gasteiger partial charge in [-0.15, -0.1) is 0 Å². The number of aromatic nitrogens is 2. The van der Waals surface area contributed by atoms with Gasteiger partial charge in [0.1, 0.15) is 16.8 Å². The van der Waals surface area contributed by atoms with Gasteiger partial charge < -0.3 is 9.64 Å². The largest absolute Gasteiger partial charge is 0.376 e. The van der Waals surface area contributed by atoms with Crippen molar-refractivity contribution in [2.75, 3.05) is 25.1 Å². The first-order chi connectivity index (χ1) is 9.19. The summed E-state index contributed by atoms with van der Waals surface area (Å²) in [6.45, 7) is 3.85. The van der Waals surface area contributed by atoms with Crippen LogP contribution in [-0.4, -0.2) is 36.3 Å². The third kappa shape index (κ3) is 4.32. The summed E-state index contributed by atoms with van der Waals surface area (Å²) < 4.78 is 5.76. The molecule has 2 rings (SSSR count). The molecule has 4 nitrogen and oxygen atoms in total. The molecule has 0 aromatic carbocycles. The Balaban J connectivity index is 2.02. The van der Waals surface area contributed by atoms with E-state index < -0.39 is 0 Å². The Bertz CT molecular complexity index is 408. The first-order valence-corrected chi connectivity index (χ1v) is 7.43. The second-order valence-electron chi connectivity index (χ2n) is 5.08. The zero-order valence-electron chi connectivity index (χ0n) is 11.7. The Kier molecular flexibility index (Phi) is 5.40. The molecular formula is C14H22ClN3O. The molecule has 0 N–H and O–H groups in total. The van der Waals surface area contributed by atoms with Gasteiger partial charge in [-0.2, -0.15) is 0 Å². The molecular weight excluding hydrogens is 262 g/mol. The van der Waals surface area contributed by atoms with Crippen LogP contribution in [0.4, 0.5) is 5.82 Å². The Hall–Kier alpha value is -0.870. The van der Waals surface area contributed by atoms with Gasteiger partial charge in [0, 0.05) is 32.7 Å². The summed E-state index contributed by atoms with van der Waals surface area (Å²) >= 11 is 6.06. The van der Waals surface area contributed by atoms with E-state index in [0.29, 0.717) is 11.3 Å². The molecule has 1 saturated heterocycles. The SMILES string of the molecule is CCCc1nc(Cl)cc(N(C)CC2CCCCO2)n1. The molecule has 0 spiro atoms. The van der Waals surface area contributed by atoms with Gasteiger partial charge in [0.2, 0.25) is 0 Å². The Labute approximate surface area is 120 Å². The lowest BCUT2D eigenvalue weighted by atomic mass is 10.1. The fourth-order valence-corrected chi connectivity index (χ4v) is 2.53. The molecule has 1 aliphatic heterocycles. The van der Waals surface area contributed by atoms with Crippen molar-refractivity contribution in [2.24, 2.45) is 0 Å². The van der Waals surface area contributed by atoms with Gasteiger partial charge in [-0.05, 0) is 25.7 Å². The molecule has 1 atom stereocenters. The van der Waals surface area contributed by atoms with E-state index in [0.717, 1.165) is 44.1 Å². The minimum atomic E-state index is 0.308. The van der Waals surface area contributed by atoms with Crippen molar-refractivity contribution in [3.05, 3.63) is 17.0 Å². The zero-order valence-corrected chi connectivity index (χ0v) is 12.5. The van der Waals surface area contributed by atoms with Crippen LogP contribution in [0.5, 0.6) is 0 Å². The number of anilines is 1. The Morgan fingerprint density at radius 3 is 2.95 bits per heavy atom. The van der Waals surface area contributed by atoms with Gasteiger partial charge in [-0.1, -0.05) is 18.5 Å². The van der Waals surface area contributed by atoms with Crippen LogP contribution in [0.25, 0.3) is 0 Å². The second-order valence-corrected chi connectivity index (χ2v) is 5.47. The molecule has 19 heavy (non-hydrogen) atoms. The van der Waals surface area contributed by atoms with Gasteiger partial charge in [-0.25, -0.2) is 9.97 Å². The van der Waals surface area contributed by atoms with E-state index in [1.807, 2.05) is 13.1 Å². The van der Waals surface area contributed by atoms with E-state index in [4.69, 9.17) is 16.3 Å². The maximum absolute atomic E-state index is 6.06. The minimum Gasteiger partial charge on any atom is -0.376 e. The van der Waals surface area contributed by atoms with Crippen molar-refractivity contribution in [3.8, 4) is 0 Å². The summed E-state index contributed by atoms with van der Waals surface area (Å²) in [6.07, 6.45) is 5.76. The summed E-state index contributed by atoms with van der Waals surface area (Å²) in [7, 11) is 2.03. The number of ether oxygens (including phenoxy) is 1. The average Bonchev–Trinajstić information content (AvgIpc) is 2.39.